The van der Waals surface area contributed by atoms with Crippen molar-refractivity contribution in [2.24, 2.45) is 5.41 Å². The van der Waals surface area contributed by atoms with Gasteiger partial charge in [0.1, 0.15) is 0 Å². The average molecular weight is 196 g/mol. The van der Waals surface area contributed by atoms with Crippen LogP contribution >= 0.6 is 0 Å². The summed E-state index contributed by atoms with van der Waals surface area (Å²) in [5.41, 5.74) is 8.45. The molecule has 0 aliphatic carbocycles. The summed E-state index contributed by atoms with van der Waals surface area (Å²) in [5, 5.41) is 0. The highest BCUT2D eigenvalue weighted by Crippen LogP contribution is 2.15. The maximum absolute atomic E-state index is 11.3. The van der Waals surface area contributed by atoms with Crippen molar-refractivity contribution in [3.63, 3.8) is 0 Å². The predicted molar refractivity (Wildman–Crippen MR) is 54.1 cm³/mol. The predicted octanol–water partition coefficient (Wildman–Crippen LogP) is 1.47. The van der Waals surface area contributed by atoms with Crippen LogP contribution in [0.3, 0.4) is 0 Å². The molecule has 0 fully saturated rings. The van der Waals surface area contributed by atoms with Crippen LogP contribution in [0.2, 0.25) is 0 Å². The largest absolute Gasteiger partial charge is 0.376 e. The van der Waals surface area contributed by atoms with E-state index in [1.807, 2.05) is 6.92 Å². The van der Waals surface area contributed by atoms with Crippen LogP contribution in [0.25, 0.3) is 5.53 Å². The third kappa shape index (κ3) is 4.70. The fourth-order valence-corrected chi connectivity index (χ4v) is 0.779. The summed E-state index contributed by atoms with van der Waals surface area (Å²) in [6, 6.07) is 0. The molecule has 0 aliphatic heterocycles. The van der Waals surface area contributed by atoms with Gasteiger partial charge in [0.05, 0.1) is 18.6 Å². The van der Waals surface area contributed by atoms with E-state index in [0.29, 0.717) is 6.61 Å². The third-order valence-electron chi connectivity index (χ3n) is 1.65. The number of carbonyl (C=O) groups is 1. The topological polar surface area (TPSA) is 62.7 Å². The normalized spacial score (nSPS) is 10.5. The summed E-state index contributed by atoms with van der Waals surface area (Å²) < 4.78 is 5.26. The monoisotopic (exact) mass is 196 g/mol. The van der Waals surface area contributed by atoms with Crippen LogP contribution in [0.1, 0.15) is 20.8 Å². The van der Waals surface area contributed by atoms with Crippen molar-refractivity contribution in [3.8, 4) is 0 Å². The summed E-state index contributed by atoms with van der Waals surface area (Å²) in [7, 11) is 0. The molecule has 0 amide bonds. The molecule has 0 saturated carbocycles. The molecule has 0 radical (unpaired) electrons. The van der Waals surface area contributed by atoms with Crippen LogP contribution in [0, 0.1) is 5.41 Å². The summed E-state index contributed by atoms with van der Waals surface area (Å²) in [5.74, 6) is -0.262. The highest BCUT2D eigenvalue weighted by molar-refractivity contribution is 6.27. The first-order valence-electron chi connectivity index (χ1n) is 4.34. The molecule has 4 heteroatoms. The lowest BCUT2D eigenvalue weighted by Gasteiger charge is -2.18. The Kier molecular flexibility index (Phi) is 4.99. The van der Waals surface area contributed by atoms with Crippen molar-refractivity contribution >= 4 is 12.0 Å². The Morgan fingerprint density at radius 1 is 1.64 bits per heavy atom. The second kappa shape index (κ2) is 5.47. The Labute approximate surface area is 84.2 Å². The zero-order valence-electron chi connectivity index (χ0n) is 8.91. The van der Waals surface area contributed by atoms with Gasteiger partial charge in [-0.25, -0.2) is 0 Å². The maximum Gasteiger partial charge on any atom is 0.323 e. The molecule has 0 saturated heterocycles. The molecule has 0 unspecified atom stereocenters. The standard InChI is InChI=1S/C10H16N2O2/c1-8(2)6-14-7-10(3,4)9(13)5-12-11/h5H,1,6-7H2,2-4H3. The van der Waals surface area contributed by atoms with Gasteiger partial charge in [-0.1, -0.05) is 26.0 Å². The van der Waals surface area contributed by atoms with E-state index in [1.165, 1.54) is 0 Å². The van der Waals surface area contributed by atoms with Crippen LogP contribution < -0.4 is 0 Å². The Morgan fingerprint density at radius 2 is 2.21 bits per heavy atom. The Bertz CT molecular complexity index is 276. The van der Waals surface area contributed by atoms with Gasteiger partial charge in [-0.3, -0.25) is 4.79 Å². The lowest BCUT2D eigenvalue weighted by molar-refractivity contribution is -0.126. The van der Waals surface area contributed by atoms with E-state index in [-0.39, 0.29) is 12.4 Å². The van der Waals surface area contributed by atoms with Crippen molar-refractivity contribution in [3.05, 3.63) is 17.7 Å². The molecule has 0 N–H and O–H groups in total. The van der Waals surface area contributed by atoms with Crippen LogP contribution in [-0.2, 0) is 9.53 Å². The van der Waals surface area contributed by atoms with Gasteiger partial charge in [-0.05, 0) is 6.92 Å². The fourth-order valence-electron chi connectivity index (χ4n) is 0.779. The second-order valence-electron chi connectivity index (χ2n) is 3.94. The highest BCUT2D eigenvalue weighted by Gasteiger charge is 2.29. The molecule has 0 aromatic heterocycles. The molecule has 0 atom stereocenters. The molecule has 14 heavy (non-hydrogen) atoms. The number of Topliss-reactive ketones (excluding diaryl/α,β-unsaturated/α-hetero) is 1. The summed E-state index contributed by atoms with van der Waals surface area (Å²) in [4.78, 5) is 14.0. The summed E-state index contributed by atoms with van der Waals surface area (Å²) in [6.07, 6.45) is 0.893. The molecule has 4 nitrogen and oxygen atoms in total. The van der Waals surface area contributed by atoms with E-state index in [2.05, 4.69) is 11.4 Å². The minimum Gasteiger partial charge on any atom is -0.376 e. The number of ketones is 1. The van der Waals surface area contributed by atoms with Crippen LogP contribution in [0.4, 0.5) is 0 Å². The number of carbonyl (C=O) groups excluding carboxylic acids is 1. The first-order valence-corrected chi connectivity index (χ1v) is 4.34. The molecule has 0 aliphatic rings. The van der Waals surface area contributed by atoms with E-state index in [1.54, 1.807) is 13.8 Å². The fraction of sp³-hybridized carbons (Fsp3) is 0.600. The van der Waals surface area contributed by atoms with Gasteiger partial charge >= 0.3 is 6.21 Å². The first kappa shape index (κ1) is 12.8. The molecule has 0 spiro atoms. The van der Waals surface area contributed by atoms with Gasteiger partial charge in [0.25, 0.3) is 0 Å². The van der Waals surface area contributed by atoms with Gasteiger partial charge in [0.2, 0.25) is 5.78 Å². The SMILES string of the molecule is C=C(C)COCC(C)(C)C(=O)C=[N+]=[N-]. The molecule has 0 bridgehead atoms. The number of nitrogens with zero attached hydrogens (tertiary/aromatic N) is 2. The van der Waals surface area contributed by atoms with E-state index in [9.17, 15) is 4.79 Å². The zero-order chi connectivity index (χ0) is 11.2. The van der Waals surface area contributed by atoms with Crippen LogP contribution in [0.5, 0.6) is 0 Å². The minimum absolute atomic E-state index is 0.262. The molecular formula is C10H16N2O2. The third-order valence-corrected chi connectivity index (χ3v) is 1.65. The first-order chi connectivity index (χ1) is 6.40. The molecule has 78 valence electrons. The highest BCUT2D eigenvalue weighted by atomic mass is 16.5. The van der Waals surface area contributed by atoms with E-state index in [4.69, 9.17) is 10.3 Å². The zero-order valence-corrected chi connectivity index (χ0v) is 8.91. The summed E-state index contributed by atoms with van der Waals surface area (Å²) >= 11 is 0. The Hall–Kier alpha value is -1.25. The van der Waals surface area contributed by atoms with Crippen LogP contribution in [-0.4, -0.2) is 30.0 Å². The second-order valence-corrected chi connectivity index (χ2v) is 3.94. The molecule has 0 heterocycles. The minimum atomic E-state index is -0.665. The van der Waals surface area contributed by atoms with E-state index >= 15 is 0 Å². The number of hydrogen-bond acceptors (Lipinski definition) is 2. The average Bonchev–Trinajstić information content (AvgIpc) is 2.03. The van der Waals surface area contributed by atoms with Crippen molar-refractivity contribution in [1.29, 1.82) is 0 Å². The molecule has 0 aromatic rings. The number of rotatable bonds is 6. The van der Waals surface area contributed by atoms with Gasteiger partial charge in [0.15, 0.2) is 0 Å². The van der Waals surface area contributed by atoms with Crippen molar-refractivity contribution in [2.75, 3.05) is 13.2 Å². The van der Waals surface area contributed by atoms with Crippen LogP contribution in [0.15, 0.2) is 12.2 Å². The lowest BCUT2D eigenvalue weighted by Crippen LogP contribution is -2.31. The number of hydrogen-bond donors (Lipinski definition) is 0. The van der Waals surface area contributed by atoms with Crippen molar-refractivity contribution < 1.29 is 14.3 Å². The van der Waals surface area contributed by atoms with Gasteiger partial charge in [-0.15, -0.1) is 0 Å². The van der Waals surface area contributed by atoms with E-state index in [0.717, 1.165) is 11.8 Å². The summed E-state index contributed by atoms with van der Waals surface area (Å²) in [6.45, 7) is 9.71. The van der Waals surface area contributed by atoms with Crippen molar-refractivity contribution in [2.45, 2.75) is 20.8 Å². The Morgan fingerprint density at radius 3 is 2.64 bits per heavy atom. The van der Waals surface area contributed by atoms with Gasteiger partial charge in [-0.2, -0.15) is 4.79 Å². The molecule has 0 aromatic carbocycles. The molecular weight excluding hydrogens is 180 g/mol. The molecule has 0 rings (SSSR count). The van der Waals surface area contributed by atoms with E-state index < -0.39 is 5.41 Å². The van der Waals surface area contributed by atoms with Gasteiger partial charge < -0.3 is 10.3 Å². The lowest BCUT2D eigenvalue weighted by atomic mass is 9.90. The number of ether oxygens (including phenoxy) is 1. The van der Waals surface area contributed by atoms with Gasteiger partial charge in [0, 0.05) is 0 Å². The Balaban J connectivity index is 4.13. The smallest absolute Gasteiger partial charge is 0.323 e. The maximum atomic E-state index is 11.3. The van der Waals surface area contributed by atoms with Crippen molar-refractivity contribution in [1.82, 2.24) is 0 Å². The quantitative estimate of drug-likeness (QED) is 0.279.